The maximum atomic E-state index is 11.5. The van der Waals surface area contributed by atoms with Crippen LogP contribution < -0.4 is 0 Å². The summed E-state index contributed by atoms with van der Waals surface area (Å²) in [5.74, 6) is -0.293. The molecule has 1 saturated heterocycles. The highest BCUT2D eigenvalue weighted by molar-refractivity contribution is 5.97. The Bertz CT molecular complexity index is 243. The van der Waals surface area contributed by atoms with E-state index < -0.39 is 5.60 Å². The molecule has 0 aromatic heterocycles. The Balaban J connectivity index is 2.69. The zero-order valence-electron chi connectivity index (χ0n) is 9.45. The first-order chi connectivity index (χ1) is 7.02. The number of likely N-dealkylation sites (tertiary alicyclic amines) is 1. The van der Waals surface area contributed by atoms with Crippen molar-refractivity contribution in [2.24, 2.45) is 0 Å². The predicted molar refractivity (Wildman–Crippen MR) is 56.1 cm³/mol. The largest absolute Gasteiger partial charge is 0.388 e. The molecule has 15 heavy (non-hydrogen) atoms. The molecule has 1 aliphatic heterocycles. The van der Waals surface area contributed by atoms with Crippen molar-refractivity contribution in [3.8, 4) is 0 Å². The minimum absolute atomic E-state index is 0.147. The molecule has 0 aromatic carbocycles. The van der Waals surface area contributed by atoms with Crippen LogP contribution in [0, 0.1) is 0 Å². The molecule has 1 aliphatic rings. The topological polar surface area (TPSA) is 57.6 Å². The van der Waals surface area contributed by atoms with Crippen LogP contribution in [0.2, 0.25) is 0 Å². The van der Waals surface area contributed by atoms with Gasteiger partial charge in [-0.3, -0.25) is 14.5 Å². The zero-order chi connectivity index (χ0) is 11.5. The van der Waals surface area contributed by atoms with Crippen LogP contribution in [0.5, 0.6) is 0 Å². The third-order valence-electron chi connectivity index (χ3n) is 3.15. The number of hydrogen-bond donors (Lipinski definition) is 1. The van der Waals surface area contributed by atoms with Crippen molar-refractivity contribution in [1.82, 2.24) is 4.90 Å². The third kappa shape index (κ3) is 2.78. The number of carbonyl (C=O) groups excluding carboxylic acids is 2. The lowest BCUT2D eigenvalue weighted by Crippen LogP contribution is -2.49. The monoisotopic (exact) mass is 213 g/mol. The molecule has 1 heterocycles. The lowest BCUT2D eigenvalue weighted by Gasteiger charge is -2.33. The van der Waals surface area contributed by atoms with Crippen molar-refractivity contribution < 1.29 is 14.7 Å². The molecule has 0 bridgehead atoms. The van der Waals surface area contributed by atoms with Gasteiger partial charge in [0.2, 0.25) is 11.8 Å². The van der Waals surface area contributed by atoms with E-state index in [4.69, 9.17) is 0 Å². The number of imide groups is 1. The first-order valence-electron chi connectivity index (χ1n) is 5.58. The fourth-order valence-corrected chi connectivity index (χ4v) is 1.74. The van der Waals surface area contributed by atoms with Crippen molar-refractivity contribution in [3.63, 3.8) is 0 Å². The summed E-state index contributed by atoms with van der Waals surface area (Å²) in [5, 5.41) is 10.1. The van der Waals surface area contributed by atoms with Crippen molar-refractivity contribution in [1.29, 1.82) is 0 Å². The second kappa shape index (κ2) is 4.75. The fourth-order valence-electron chi connectivity index (χ4n) is 1.74. The minimum atomic E-state index is -0.914. The molecule has 4 heteroatoms. The zero-order valence-corrected chi connectivity index (χ0v) is 9.45. The van der Waals surface area contributed by atoms with Gasteiger partial charge in [0.25, 0.3) is 0 Å². The fraction of sp³-hybridized carbons (Fsp3) is 0.818. The van der Waals surface area contributed by atoms with Crippen LogP contribution in [0.15, 0.2) is 0 Å². The second-order valence-electron chi connectivity index (χ2n) is 4.16. The first-order valence-corrected chi connectivity index (χ1v) is 5.58. The summed E-state index contributed by atoms with van der Waals surface area (Å²) in [6.45, 7) is 3.88. The third-order valence-corrected chi connectivity index (χ3v) is 3.15. The summed E-state index contributed by atoms with van der Waals surface area (Å²) in [4.78, 5) is 24.2. The van der Waals surface area contributed by atoms with E-state index in [0.29, 0.717) is 32.1 Å². The number of aliphatic hydroxyl groups is 1. The van der Waals surface area contributed by atoms with Gasteiger partial charge in [-0.25, -0.2) is 0 Å². The molecule has 1 fully saturated rings. The van der Waals surface area contributed by atoms with E-state index in [-0.39, 0.29) is 18.4 Å². The minimum Gasteiger partial charge on any atom is -0.388 e. The standard InChI is InChI=1S/C11H19NO3/c1-3-11(15,4-2)8-12-9(13)6-5-7-10(12)14/h15H,3-8H2,1-2H3. The summed E-state index contributed by atoms with van der Waals surface area (Å²) in [6, 6.07) is 0. The number of hydrogen-bond acceptors (Lipinski definition) is 3. The van der Waals surface area contributed by atoms with Gasteiger partial charge in [-0.2, -0.15) is 0 Å². The summed E-state index contributed by atoms with van der Waals surface area (Å²) >= 11 is 0. The molecular weight excluding hydrogens is 194 g/mol. The lowest BCUT2D eigenvalue weighted by molar-refractivity contribution is -0.152. The van der Waals surface area contributed by atoms with Gasteiger partial charge >= 0.3 is 0 Å². The van der Waals surface area contributed by atoms with Crippen LogP contribution >= 0.6 is 0 Å². The van der Waals surface area contributed by atoms with Crippen LogP contribution in [-0.4, -0.2) is 34.0 Å². The van der Waals surface area contributed by atoms with Crippen molar-refractivity contribution in [3.05, 3.63) is 0 Å². The second-order valence-corrected chi connectivity index (χ2v) is 4.16. The Kier molecular flexibility index (Phi) is 3.85. The summed E-state index contributed by atoms with van der Waals surface area (Å²) in [5.41, 5.74) is -0.914. The van der Waals surface area contributed by atoms with E-state index in [1.165, 1.54) is 4.90 Å². The molecule has 86 valence electrons. The quantitative estimate of drug-likeness (QED) is 0.711. The molecule has 0 unspecified atom stereocenters. The predicted octanol–water partition coefficient (Wildman–Crippen LogP) is 1.08. The van der Waals surface area contributed by atoms with Crippen LogP contribution in [0.25, 0.3) is 0 Å². The van der Waals surface area contributed by atoms with Crippen LogP contribution in [-0.2, 0) is 9.59 Å². The smallest absolute Gasteiger partial charge is 0.229 e. The molecule has 0 aromatic rings. The molecule has 0 atom stereocenters. The average Bonchev–Trinajstić information content (AvgIpc) is 2.23. The van der Waals surface area contributed by atoms with Crippen molar-refractivity contribution >= 4 is 11.8 Å². The number of amides is 2. The maximum Gasteiger partial charge on any atom is 0.229 e. The van der Waals surface area contributed by atoms with Gasteiger partial charge in [0.1, 0.15) is 0 Å². The Labute approximate surface area is 90.3 Å². The van der Waals surface area contributed by atoms with Gasteiger partial charge < -0.3 is 5.11 Å². The average molecular weight is 213 g/mol. The summed E-state index contributed by atoms with van der Waals surface area (Å²) in [6.07, 6.45) is 2.61. The number of β-amino-alcohol motifs (C(OH)–C–C–N with tert-alkyl or cyclic N) is 1. The van der Waals surface area contributed by atoms with E-state index in [2.05, 4.69) is 0 Å². The van der Waals surface area contributed by atoms with Crippen LogP contribution in [0.4, 0.5) is 0 Å². The van der Waals surface area contributed by atoms with E-state index in [1.807, 2.05) is 13.8 Å². The summed E-state index contributed by atoms with van der Waals surface area (Å²) < 4.78 is 0. The van der Waals surface area contributed by atoms with Gasteiger partial charge in [-0.15, -0.1) is 0 Å². The first kappa shape index (κ1) is 12.2. The molecule has 4 nitrogen and oxygen atoms in total. The van der Waals surface area contributed by atoms with E-state index >= 15 is 0 Å². The highest BCUT2D eigenvalue weighted by Crippen LogP contribution is 2.20. The van der Waals surface area contributed by atoms with E-state index in [0.717, 1.165) is 0 Å². The SMILES string of the molecule is CCC(O)(CC)CN1C(=O)CCCC1=O. The highest BCUT2D eigenvalue weighted by Gasteiger charge is 2.33. The van der Waals surface area contributed by atoms with Crippen molar-refractivity contribution in [2.45, 2.75) is 51.6 Å². The highest BCUT2D eigenvalue weighted by atomic mass is 16.3. The molecule has 0 aliphatic carbocycles. The maximum absolute atomic E-state index is 11.5. The Morgan fingerprint density at radius 2 is 1.67 bits per heavy atom. The van der Waals surface area contributed by atoms with Gasteiger partial charge in [-0.1, -0.05) is 13.8 Å². The number of nitrogens with zero attached hydrogens (tertiary/aromatic N) is 1. The van der Waals surface area contributed by atoms with Crippen molar-refractivity contribution in [2.75, 3.05) is 6.54 Å². The van der Waals surface area contributed by atoms with Crippen LogP contribution in [0.1, 0.15) is 46.0 Å². The molecule has 0 saturated carbocycles. The molecule has 1 rings (SSSR count). The van der Waals surface area contributed by atoms with Gasteiger partial charge in [-0.05, 0) is 19.3 Å². The number of piperidine rings is 1. The Morgan fingerprint density at radius 3 is 2.07 bits per heavy atom. The molecule has 1 N–H and O–H groups in total. The molecular formula is C11H19NO3. The Hall–Kier alpha value is -0.900. The van der Waals surface area contributed by atoms with Gasteiger partial charge in [0.15, 0.2) is 0 Å². The lowest BCUT2D eigenvalue weighted by atomic mass is 9.95. The van der Waals surface area contributed by atoms with Gasteiger partial charge in [0.05, 0.1) is 12.1 Å². The molecule has 0 radical (unpaired) electrons. The number of carbonyl (C=O) groups is 2. The van der Waals surface area contributed by atoms with Gasteiger partial charge in [0, 0.05) is 12.8 Å². The molecule has 0 spiro atoms. The summed E-state index contributed by atoms with van der Waals surface area (Å²) in [7, 11) is 0. The number of rotatable bonds is 4. The normalized spacial score (nSPS) is 18.5. The van der Waals surface area contributed by atoms with E-state index in [9.17, 15) is 14.7 Å². The van der Waals surface area contributed by atoms with E-state index in [1.54, 1.807) is 0 Å². The Morgan fingerprint density at radius 1 is 1.20 bits per heavy atom. The van der Waals surface area contributed by atoms with Crippen LogP contribution in [0.3, 0.4) is 0 Å². The molecule has 2 amide bonds.